The Morgan fingerprint density at radius 3 is 3.07 bits per heavy atom. The van der Waals surface area contributed by atoms with E-state index in [0.29, 0.717) is 6.10 Å². The zero-order chi connectivity index (χ0) is 9.97. The summed E-state index contributed by atoms with van der Waals surface area (Å²) >= 11 is 0. The van der Waals surface area contributed by atoms with Gasteiger partial charge in [0.2, 0.25) is 0 Å². The van der Waals surface area contributed by atoms with Crippen molar-refractivity contribution in [3.8, 4) is 0 Å². The molecule has 1 aliphatic heterocycles. The van der Waals surface area contributed by atoms with Gasteiger partial charge in [0.15, 0.2) is 0 Å². The molecule has 1 fully saturated rings. The van der Waals surface area contributed by atoms with Crippen LogP contribution in [0.1, 0.15) is 5.56 Å². The number of rotatable bonds is 3. The van der Waals surface area contributed by atoms with Crippen LogP contribution in [-0.2, 0) is 11.3 Å². The van der Waals surface area contributed by atoms with Crippen LogP contribution in [0.5, 0.6) is 0 Å². The minimum Gasteiger partial charge on any atom is -0.392 e. The summed E-state index contributed by atoms with van der Waals surface area (Å²) in [6, 6.07) is 1.84. The fraction of sp³-hybridized carbons (Fsp3) is 0.500. The summed E-state index contributed by atoms with van der Waals surface area (Å²) in [4.78, 5) is 6.21. The molecule has 76 valence electrons. The van der Waals surface area contributed by atoms with Crippen LogP contribution in [-0.4, -0.2) is 36.4 Å². The Labute approximate surface area is 83.1 Å². The summed E-state index contributed by atoms with van der Waals surface area (Å²) in [5.41, 5.74) is 1.94. The van der Waals surface area contributed by atoms with Gasteiger partial charge in [0.25, 0.3) is 0 Å². The Balaban J connectivity index is 2.10. The van der Waals surface area contributed by atoms with Gasteiger partial charge in [-0.1, -0.05) is 0 Å². The van der Waals surface area contributed by atoms with Crippen molar-refractivity contribution in [2.75, 3.05) is 25.1 Å². The van der Waals surface area contributed by atoms with Crippen LogP contribution in [0.3, 0.4) is 0 Å². The average molecular weight is 194 g/mol. The van der Waals surface area contributed by atoms with Gasteiger partial charge < -0.3 is 14.7 Å². The summed E-state index contributed by atoms with van der Waals surface area (Å²) in [5, 5.41) is 9.12. The Bertz CT molecular complexity index is 311. The summed E-state index contributed by atoms with van der Waals surface area (Å²) in [5.74, 6) is 0. The summed E-state index contributed by atoms with van der Waals surface area (Å²) < 4.78 is 5.19. The molecule has 0 atom stereocenters. The molecule has 0 bridgehead atoms. The molecule has 2 heterocycles. The number of nitrogens with zero attached hydrogens (tertiary/aromatic N) is 2. The van der Waals surface area contributed by atoms with Gasteiger partial charge in [-0.05, 0) is 6.07 Å². The van der Waals surface area contributed by atoms with Gasteiger partial charge in [-0.25, -0.2) is 0 Å². The van der Waals surface area contributed by atoms with Gasteiger partial charge in [0.1, 0.15) is 0 Å². The molecule has 0 aromatic carbocycles. The average Bonchev–Trinajstić information content (AvgIpc) is 2.17. The van der Waals surface area contributed by atoms with E-state index in [4.69, 9.17) is 9.84 Å². The molecule has 0 aliphatic carbocycles. The molecule has 0 spiro atoms. The molecule has 0 saturated carbocycles. The first-order chi connectivity index (χ1) is 6.85. The van der Waals surface area contributed by atoms with E-state index in [1.807, 2.05) is 6.07 Å². The number of pyridine rings is 1. The van der Waals surface area contributed by atoms with Gasteiger partial charge in [0, 0.05) is 32.0 Å². The smallest absolute Gasteiger partial charge is 0.0920 e. The molecule has 1 aromatic rings. The third-order valence-electron chi connectivity index (χ3n) is 2.58. The van der Waals surface area contributed by atoms with Crippen LogP contribution in [0.25, 0.3) is 0 Å². The molecule has 1 aromatic heterocycles. The van der Waals surface area contributed by atoms with Crippen molar-refractivity contribution in [2.24, 2.45) is 0 Å². The predicted octanol–water partition coefficient (Wildman–Crippen LogP) is 0.409. The Morgan fingerprint density at radius 1 is 1.64 bits per heavy atom. The molecule has 4 nitrogen and oxygen atoms in total. The standard InChI is InChI=1S/C10H14N2O2/c1-14-9-5-12(6-9)10-4-11-3-2-8(10)7-13/h2-4,9,13H,5-7H2,1H3. The summed E-state index contributed by atoms with van der Waals surface area (Å²) in [6.45, 7) is 1.83. The number of aliphatic hydroxyl groups is 1. The van der Waals surface area contributed by atoms with Crippen molar-refractivity contribution < 1.29 is 9.84 Å². The van der Waals surface area contributed by atoms with E-state index in [1.165, 1.54) is 0 Å². The highest BCUT2D eigenvalue weighted by Gasteiger charge is 2.27. The first-order valence-corrected chi connectivity index (χ1v) is 4.66. The van der Waals surface area contributed by atoms with Crippen molar-refractivity contribution in [3.05, 3.63) is 24.0 Å². The van der Waals surface area contributed by atoms with E-state index >= 15 is 0 Å². The maximum Gasteiger partial charge on any atom is 0.0920 e. The van der Waals surface area contributed by atoms with Crippen molar-refractivity contribution in [1.29, 1.82) is 0 Å². The third-order valence-corrected chi connectivity index (χ3v) is 2.58. The number of anilines is 1. The second kappa shape index (κ2) is 3.94. The number of aliphatic hydroxyl groups excluding tert-OH is 1. The lowest BCUT2D eigenvalue weighted by Crippen LogP contribution is -2.52. The Kier molecular flexibility index (Phi) is 2.65. The van der Waals surface area contributed by atoms with Crippen LogP contribution in [0.4, 0.5) is 5.69 Å². The predicted molar refractivity (Wildman–Crippen MR) is 53.2 cm³/mol. The Hall–Kier alpha value is -1.13. The number of hydrogen-bond acceptors (Lipinski definition) is 4. The molecular weight excluding hydrogens is 180 g/mol. The molecule has 1 saturated heterocycles. The topological polar surface area (TPSA) is 45.6 Å². The van der Waals surface area contributed by atoms with Crippen LogP contribution in [0.15, 0.2) is 18.5 Å². The lowest BCUT2D eigenvalue weighted by Gasteiger charge is -2.40. The number of methoxy groups -OCH3 is 1. The fourth-order valence-corrected chi connectivity index (χ4v) is 1.62. The number of aromatic nitrogens is 1. The molecule has 0 amide bonds. The van der Waals surface area contributed by atoms with Crippen molar-refractivity contribution in [1.82, 2.24) is 4.98 Å². The SMILES string of the molecule is COC1CN(c2cnccc2CO)C1. The van der Waals surface area contributed by atoms with Crippen molar-refractivity contribution >= 4 is 5.69 Å². The highest BCUT2D eigenvalue weighted by atomic mass is 16.5. The van der Waals surface area contributed by atoms with E-state index in [-0.39, 0.29) is 6.61 Å². The number of hydrogen-bond donors (Lipinski definition) is 1. The maximum absolute atomic E-state index is 9.12. The molecule has 0 radical (unpaired) electrons. The van der Waals surface area contributed by atoms with Gasteiger partial charge >= 0.3 is 0 Å². The van der Waals surface area contributed by atoms with Gasteiger partial charge in [-0.2, -0.15) is 0 Å². The highest BCUT2D eigenvalue weighted by molar-refractivity contribution is 5.53. The maximum atomic E-state index is 9.12. The Morgan fingerprint density at radius 2 is 2.43 bits per heavy atom. The quantitative estimate of drug-likeness (QED) is 0.757. The summed E-state index contributed by atoms with van der Waals surface area (Å²) in [6.07, 6.45) is 3.81. The van der Waals surface area contributed by atoms with Gasteiger partial charge in [0.05, 0.1) is 24.6 Å². The van der Waals surface area contributed by atoms with E-state index in [2.05, 4.69) is 9.88 Å². The minimum absolute atomic E-state index is 0.0615. The lowest BCUT2D eigenvalue weighted by atomic mass is 10.1. The van der Waals surface area contributed by atoms with Crippen LogP contribution in [0.2, 0.25) is 0 Å². The monoisotopic (exact) mass is 194 g/mol. The first kappa shape index (κ1) is 9.43. The van der Waals surface area contributed by atoms with Crippen LogP contribution >= 0.6 is 0 Å². The second-order valence-corrected chi connectivity index (χ2v) is 3.43. The highest BCUT2D eigenvalue weighted by Crippen LogP contribution is 2.24. The zero-order valence-electron chi connectivity index (χ0n) is 8.18. The van der Waals surface area contributed by atoms with E-state index < -0.39 is 0 Å². The third kappa shape index (κ3) is 1.58. The molecule has 4 heteroatoms. The van der Waals surface area contributed by atoms with Crippen molar-refractivity contribution in [2.45, 2.75) is 12.7 Å². The molecule has 1 aliphatic rings. The number of ether oxygens (including phenoxy) is 1. The van der Waals surface area contributed by atoms with Crippen LogP contribution in [0, 0.1) is 0 Å². The second-order valence-electron chi connectivity index (χ2n) is 3.43. The molecule has 0 unspecified atom stereocenters. The molecular formula is C10H14N2O2. The normalized spacial score (nSPS) is 16.9. The van der Waals surface area contributed by atoms with Crippen molar-refractivity contribution in [3.63, 3.8) is 0 Å². The first-order valence-electron chi connectivity index (χ1n) is 4.66. The van der Waals surface area contributed by atoms with Gasteiger partial charge in [-0.3, -0.25) is 4.98 Å². The zero-order valence-corrected chi connectivity index (χ0v) is 8.18. The van der Waals surface area contributed by atoms with E-state index in [0.717, 1.165) is 24.3 Å². The summed E-state index contributed by atoms with van der Waals surface area (Å²) in [7, 11) is 1.72. The van der Waals surface area contributed by atoms with E-state index in [9.17, 15) is 0 Å². The van der Waals surface area contributed by atoms with Gasteiger partial charge in [-0.15, -0.1) is 0 Å². The fourth-order valence-electron chi connectivity index (χ4n) is 1.62. The lowest BCUT2D eigenvalue weighted by molar-refractivity contribution is 0.0785. The molecule has 1 N–H and O–H groups in total. The largest absolute Gasteiger partial charge is 0.392 e. The van der Waals surface area contributed by atoms with E-state index in [1.54, 1.807) is 19.5 Å². The molecule has 14 heavy (non-hydrogen) atoms. The molecule has 2 rings (SSSR count). The minimum atomic E-state index is 0.0615. The van der Waals surface area contributed by atoms with Crippen LogP contribution < -0.4 is 4.90 Å².